The second kappa shape index (κ2) is 7.55. The number of hydrogen-bond donors (Lipinski definition) is 1. The van der Waals surface area contributed by atoms with Crippen LogP contribution >= 0.6 is 27.3 Å². The molecule has 0 spiro atoms. The summed E-state index contributed by atoms with van der Waals surface area (Å²) in [4.78, 5) is 1.45. The summed E-state index contributed by atoms with van der Waals surface area (Å²) in [6.07, 6.45) is 5.42. The predicted octanol–water partition coefficient (Wildman–Crippen LogP) is 3.57. The van der Waals surface area contributed by atoms with E-state index in [4.69, 9.17) is 0 Å². The molecule has 120 valence electrons. The highest BCUT2D eigenvalue weighted by molar-refractivity contribution is 9.11. The van der Waals surface area contributed by atoms with Crippen molar-refractivity contribution in [1.29, 1.82) is 0 Å². The zero-order chi connectivity index (χ0) is 15.5. The lowest BCUT2D eigenvalue weighted by molar-refractivity contribution is 0.286. The summed E-state index contributed by atoms with van der Waals surface area (Å²) >= 11 is 4.92. The van der Waals surface area contributed by atoms with Crippen molar-refractivity contribution in [1.82, 2.24) is 9.62 Å². The molecule has 2 rings (SSSR count). The van der Waals surface area contributed by atoms with E-state index in [1.807, 2.05) is 6.92 Å². The molecule has 1 fully saturated rings. The van der Waals surface area contributed by atoms with Crippen molar-refractivity contribution in [3.05, 3.63) is 14.7 Å². The standard InChI is InChI=1S/C14H23BrN2O2S2/c1-3-16-10-12-9-13(14(15)20-12)21(18,19)17(2)11-7-5-4-6-8-11/h9,11,16H,3-8,10H2,1-2H3. The molecule has 0 amide bonds. The van der Waals surface area contributed by atoms with Crippen LogP contribution in [0.1, 0.15) is 43.9 Å². The van der Waals surface area contributed by atoms with Gasteiger partial charge in [-0.3, -0.25) is 0 Å². The predicted molar refractivity (Wildman–Crippen MR) is 91.2 cm³/mol. The summed E-state index contributed by atoms with van der Waals surface area (Å²) in [6, 6.07) is 1.94. The molecule has 1 heterocycles. The topological polar surface area (TPSA) is 49.4 Å². The Morgan fingerprint density at radius 3 is 2.67 bits per heavy atom. The second-order valence-electron chi connectivity index (χ2n) is 5.44. The normalized spacial score (nSPS) is 17.5. The summed E-state index contributed by atoms with van der Waals surface area (Å²) in [5, 5.41) is 3.23. The van der Waals surface area contributed by atoms with Crippen LogP contribution in [0, 0.1) is 0 Å². The first-order chi connectivity index (χ1) is 9.96. The molecule has 1 aliphatic carbocycles. The Bertz CT molecular complexity index is 566. The summed E-state index contributed by atoms with van der Waals surface area (Å²) < 4.78 is 27.9. The first-order valence-electron chi connectivity index (χ1n) is 7.43. The van der Waals surface area contributed by atoms with Crippen molar-refractivity contribution >= 4 is 37.3 Å². The molecular formula is C14H23BrN2O2S2. The van der Waals surface area contributed by atoms with Gasteiger partial charge < -0.3 is 5.32 Å². The van der Waals surface area contributed by atoms with Crippen molar-refractivity contribution in [3.8, 4) is 0 Å². The van der Waals surface area contributed by atoms with Crippen LogP contribution in [0.4, 0.5) is 0 Å². The molecule has 0 aliphatic heterocycles. The van der Waals surface area contributed by atoms with Crippen LogP contribution in [0.5, 0.6) is 0 Å². The van der Waals surface area contributed by atoms with E-state index in [1.165, 1.54) is 17.8 Å². The van der Waals surface area contributed by atoms with Gasteiger partial charge in [0, 0.05) is 24.5 Å². The Hall–Kier alpha value is 0.0500. The van der Waals surface area contributed by atoms with E-state index >= 15 is 0 Å². The molecule has 0 atom stereocenters. The fourth-order valence-corrected chi connectivity index (χ4v) is 6.72. The van der Waals surface area contributed by atoms with Crippen molar-refractivity contribution in [2.75, 3.05) is 13.6 Å². The van der Waals surface area contributed by atoms with Gasteiger partial charge in [0.25, 0.3) is 0 Å². The fraction of sp³-hybridized carbons (Fsp3) is 0.714. The van der Waals surface area contributed by atoms with Gasteiger partial charge in [0.1, 0.15) is 4.90 Å². The maximum atomic E-state index is 12.8. The molecule has 1 aliphatic rings. The third kappa shape index (κ3) is 4.07. The first-order valence-corrected chi connectivity index (χ1v) is 10.5. The Morgan fingerprint density at radius 1 is 1.38 bits per heavy atom. The lowest BCUT2D eigenvalue weighted by Crippen LogP contribution is -2.38. The molecule has 0 radical (unpaired) electrons. The zero-order valence-corrected chi connectivity index (χ0v) is 15.8. The van der Waals surface area contributed by atoms with Crippen molar-refractivity contribution < 1.29 is 8.42 Å². The smallest absolute Gasteiger partial charge is 0.245 e. The van der Waals surface area contributed by atoms with Gasteiger partial charge in [-0.1, -0.05) is 26.2 Å². The van der Waals surface area contributed by atoms with Gasteiger partial charge in [0.05, 0.1) is 3.79 Å². The average Bonchev–Trinajstić information content (AvgIpc) is 2.87. The van der Waals surface area contributed by atoms with Gasteiger partial charge in [-0.05, 0) is 41.4 Å². The van der Waals surface area contributed by atoms with E-state index in [-0.39, 0.29) is 6.04 Å². The van der Waals surface area contributed by atoms with Gasteiger partial charge in [-0.15, -0.1) is 11.3 Å². The van der Waals surface area contributed by atoms with Crippen molar-refractivity contribution in [3.63, 3.8) is 0 Å². The van der Waals surface area contributed by atoms with Gasteiger partial charge in [-0.2, -0.15) is 4.31 Å². The Balaban J connectivity index is 2.19. The lowest BCUT2D eigenvalue weighted by Gasteiger charge is -2.30. The molecular weight excluding hydrogens is 372 g/mol. The minimum absolute atomic E-state index is 0.146. The van der Waals surface area contributed by atoms with Gasteiger partial charge >= 0.3 is 0 Å². The molecule has 1 aromatic heterocycles. The van der Waals surface area contributed by atoms with E-state index in [2.05, 4.69) is 21.2 Å². The van der Waals surface area contributed by atoms with E-state index in [1.54, 1.807) is 17.4 Å². The molecule has 0 unspecified atom stereocenters. The minimum atomic E-state index is -3.40. The number of hydrogen-bond acceptors (Lipinski definition) is 4. The second-order valence-corrected chi connectivity index (χ2v) is 9.86. The number of nitrogens with one attached hydrogen (secondary N) is 1. The Labute approximate surface area is 140 Å². The minimum Gasteiger partial charge on any atom is -0.312 e. The number of sulfonamides is 1. The van der Waals surface area contributed by atoms with E-state index in [0.29, 0.717) is 15.2 Å². The highest BCUT2D eigenvalue weighted by Crippen LogP contribution is 2.35. The summed E-state index contributed by atoms with van der Waals surface area (Å²) in [6.45, 7) is 3.62. The molecule has 0 aromatic carbocycles. The maximum absolute atomic E-state index is 12.8. The van der Waals surface area contributed by atoms with Crippen LogP contribution in [-0.2, 0) is 16.6 Å². The number of halogens is 1. The molecule has 21 heavy (non-hydrogen) atoms. The average molecular weight is 395 g/mol. The van der Waals surface area contributed by atoms with Gasteiger partial charge in [0.15, 0.2) is 0 Å². The molecule has 1 N–H and O–H groups in total. The number of rotatable bonds is 6. The summed E-state index contributed by atoms with van der Waals surface area (Å²) in [5.41, 5.74) is 0. The highest BCUT2D eigenvalue weighted by Gasteiger charge is 2.31. The first kappa shape index (κ1) is 17.4. The third-order valence-corrected chi connectivity index (χ3v) is 8.16. The molecule has 0 saturated heterocycles. The zero-order valence-electron chi connectivity index (χ0n) is 12.6. The highest BCUT2D eigenvalue weighted by atomic mass is 79.9. The SMILES string of the molecule is CCNCc1cc(S(=O)(=O)N(C)C2CCCCC2)c(Br)s1. The van der Waals surface area contributed by atoms with Crippen LogP contribution in [0.3, 0.4) is 0 Å². The molecule has 1 saturated carbocycles. The Morgan fingerprint density at radius 2 is 2.05 bits per heavy atom. The van der Waals surface area contributed by atoms with Crippen LogP contribution in [0.2, 0.25) is 0 Å². The monoisotopic (exact) mass is 394 g/mol. The third-order valence-electron chi connectivity index (χ3n) is 4.00. The van der Waals surface area contributed by atoms with Crippen LogP contribution in [0.15, 0.2) is 14.7 Å². The van der Waals surface area contributed by atoms with E-state index < -0.39 is 10.0 Å². The molecule has 7 heteroatoms. The lowest BCUT2D eigenvalue weighted by atomic mass is 9.96. The number of nitrogens with zero attached hydrogens (tertiary/aromatic N) is 1. The largest absolute Gasteiger partial charge is 0.312 e. The van der Waals surface area contributed by atoms with Crippen LogP contribution < -0.4 is 5.32 Å². The summed E-state index contributed by atoms with van der Waals surface area (Å²) in [5.74, 6) is 0. The van der Waals surface area contributed by atoms with Gasteiger partial charge in [0.2, 0.25) is 10.0 Å². The van der Waals surface area contributed by atoms with Crippen LogP contribution in [0.25, 0.3) is 0 Å². The molecule has 1 aromatic rings. The fourth-order valence-electron chi connectivity index (χ4n) is 2.71. The van der Waals surface area contributed by atoms with E-state index in [0.717, 1.165) is 37.1 Å². The van der Waals surface area contributed by atoms with E-state index in [9.17, 15) is 8.42 Å². The molecule has 0 bridgehead atoms. The molecule has 4 nitrogen and oxygen atoms in total. The maximum Gasteiger partial charge on any atom is 0.245 e. The Kier molecular flexibility index (Phi) is 6.25. The van der Waals surface area contributed by atoms with Gasteiger partial charge in [-0.25, -0.2) is 8.42 Å². The number of thiophene rings is 1. The van der Waals surface area contributed by atoms with Crippen LogP contribution in [-0.4, -0.2) is 32.4 Å². The quantitative estimate of drug-likeness (QED) is 0.801. The van der Waals surface area contributed by atoms with Crippen molar-refractivity contribution in [2.24, 2.45) is 0 Å². The summed E-state index contributed by atoms with van der Waals surface area (Å²) in [7, 11) is -1.68. The van der Waals surface area contributed by atoms with Crippen molar-refractivity contribution in [2.45, 2.75) is 56.5 Å².